The van der Waals surface area contributed by atoms with Crippen molar-refractivity contribution in [2.24, 2.45) is 4.99 Å². The van der Waals surface area contributed by atoms with Crippen molar-refractivity contribution in [2.45, 2.75) is 29.6 Å². The molecular formula is C22H20N2O2S2. The van der Waals surface area contributed by atoms with Crippen molar-refractivity contribution in [3.8, 4) is 5.06 Å². The minimum Gasteiger partial charge on any atom is -0.499 e. The lowest BCUT2D eigenvalue weighted by atomic mass is 10.1. The number of nitrogens with zero attached hydrogens (tertiary/aromatic N) is 1. The van der Waals surface area contributed by atoms with Crippen LogP contribution in [0.4, 0.5) is 5.69 Å². The van der Waals surface area contributed by atoms with E-state index in [0.29, 0.717) is 12.1 Å². The molecule has 1 aromatic heterocycles. The highest BCUT2D eigenvalue weighted by Gasteiger charge is 2.21. The minimum absolute atomic E-state index is 0.0754. The number of fused-ring (bicyclic) bond motifs is 2. The van der Waals surface area contributed by atoms with Crippen molar-refractivity contribution in [3.63, 3.8) is 0 Å². The van der Waals surface area contributed by atoms with Crippen molar-refractivity contribution in [1.82, 2.24) is 5.32 Å². The van der Waals surface area contributed by atoms with E-state index < -0.39 is 0 Å². The van der Waals surface area contributed by atoms with Crippen molar-refractivity contribution in [3.05, 3.63) is 70.6 Å². The zero-order valence-corrected chi connectivity index (χ0v) is 17.1. The summed E-state index contributed by atoms with van der Waals surface area (Å²) in [6, 6.07) is 17.3. The van der Waals surface area contributed by atoms with E-state index >= 15 is 0 Å². The number of hydrogen-bond donors (Lipinski definition) is 2. The van der Waals surface area contributed by atoms with Crippen LogP contribution in [0.5, 0.6) is 5.06 Å². The Bertz CT molecular complexity index is 1060. The Kier molecular flexibility index (Phi) is 5.50. The molecule has 2 heterocycles. The van der Waals surface area contributed by atoms with Gasteiger partial charge in [0.05, 0.1) is 16.3 Å². The molecule has 3 aromatic rings. The molecule has 0 bridgehead atoms. The van der Waals surface area contributed by atoms with Crippen LogP contribution in [0.1, 0.15) is 40.6 Å². The smallest absolute Gasteiger partial charge is 0.251 e. The van der Waals surface area contributed by atoms with Crippen LogP contribution >= 0.6 is 23.1 Å². The number of nitrogens with one attached hydrogen (secondary N) is 1. The number of amides is 1. The third-order valence-electron chi connectivity index (χ3n) is 4.46. The van der Waals surface area contributed by atoms with Gasteiger partial charge in [-0.05, 0) is 42.8 Å². The molecule has 0 radical (unpaired) electrons. The van der Waals surface area contributed by atoms with Crippen LogP contribution in [0.3, 0.4) is 0 Å². The predicted molar refractivity (Wildman–Crippen MR) is 116 cm³/mol. The van der Waals surface area contributed by atoms with Gasteiger partial charge in [-0.3, -0.25) is 4.79 Å². The number of hydrogen-bond acceptors (Lipinski definition) is 5. The van der Waals surface area contributed by atoms with Crippen LogP contribution in [-0.4, -0.2) is 23.3 Å². The fourth-order valence-electron chi connectivity index (χ4n) is 3.01. The van der Waals surface area contributed by atoms with Crippen LogP contribution in [-0.2, 0) is 0 Å². The van der Waals surface area contributed by atoms with Gasteiger partial charge >= 0.3 is 0 Å². The summed E-state index contributed by atoms with van der Waals surface area (Å²) >= 11 is 2.95. The van der Waals surface area contributed by atoms with Gasteiger partial charge < -0.3 is 10.4 Å². The molecule has 0 saturated heterocycles. The van der Waals surface area contributed by atoms with Gasteiger partial charge in [-0.1, -0.05) is 54.6 Å². The van der Waals surface area contributed by atoms with E-state index in [1.54, 1.807) is 17.8 Å². The SMILES string of the molecule is CCCCNC(=O)c1ccc2c(c1)N=C(c1ccc(O)s1)c1ccccc1S2. The third kappa shape index (κ3) is 3.84. The second-order valence-corrected chi connectivity index (χ2v) is 8.63. The minimum atomic E-state index is -0.0754. The van der Waals surface area contributed by atoms with Crippen molar-refractivity contribution < 1.29 is 9.90 Å². The van der Waals surface area contributed by atoms with Gasteiger partial charge in [0.15, 0.2) is 5.06 Å². The number of aliphatic imine (C=N–C) groups is 1. The lowest BCUT2D eigenvalue weighted by Crippen LogP contribution is -2.24. The molecule has 6 heteroatoms. The van der Waals surface area contributed by atoms with E-state index in [2.05, 4.69) is 18.3 Å². The topological polar surface area (TPSA) is 61.7 Å². The molecule has 2 N–H and O–H groups in total. The summed E-state index contributed by atoms with van der Waals surface area (Å²) < 4.78 is 0. The molecule has 0 unspecified atom stereocenters. The first-order valence-corrected chi connectivity index (χ1v) is 10.9. The molecule has 1 aliphatic rings. The summed E-state index contributed by atoms with van der Waals surface area (Å²) in [6.07, 6.45) is 2.01. The summed E-state index contributed by atoms with van der Waals surface area (Å²) in [5.41, 5.74) is 3.22. The van der Waals surface area contributed by atoms with Crippen molar-refractivity contribution in [2.75, 3.05) is 6.54 Å². The van der Waals surface area contributed by atoms with Gasteiger partial charge in [0.25, 0.3) is 5.91 Å². The normalized spacial score (nSPS) is 12.5. The highest BCUT2D eigenvalue weighted by molar-refractivity contribution is 7.99. The molecular weight excluding hydrogens is 388 g/mol. The molecule has 0 aliphatic carbocycles. The number of rotatable bonds is 5. The Morgan fingerprint density at radius 2 is 1.96 bits per heavy atom. The van der Waals surface area contributed by atoms with Gasteiger partial charge in [-0.25, -0.2) is 4.99 Å². The maximum atomic E-state index is 12.5. The van der Waals surface area contributed by atoms with E-state index in [4.69, 9.17) is 4.99 Å². The molecule has 2 aromatic carbocycles. The first-order chi connectivity index (χ1) is 13.7. The number of carbonyl (C=O) groups excluding carboxylic acids is 1. The second-order valence-electron chi connectivity index (χ2n) is 6.49. The molecule has 1 aliphatic heterocycles. The lowest BCUT2D eigenvalue weighted by molar-refractivity contribution is 0.0953. The Hall–Kier alpha value is -2.57. The largest absolute Gasteiger partial charge is 0.499 e. The van der Waals surface area contributed by atoms with Crippen molar-refractivity contribution in [1.29, 1.82) is 0 Å². The average molecular weight is 409 g/mol. The molecule has 4 rings (SSSR count). The maximum absolute atomic E-state index is 12.5. The zero-order valence-electron chi connectivity index (χ0n) is 15.4. The quantitative estimate of drug-likeness (QED) is 0.422. The van der Waals surface area contributed by atoms with E-state index in [0.717, 1.165) is 44.5 Å². The van der Waals surface area contributed by atoms with E-state index in [-0.39, 0.29) is 11.0 Å². The van der Waals surface area contributed by atoms with Crippen LogP contribution < -0.4 is 5.32 Å². The molecule has 0 atom stereocenters. The standard InChI is InChI=1S/C22H20N2O2S2/c1-2-3-12-23-22(26)14-8-9-18-16(13-14)24-21(19-10-11-20(25)28-19)15-6-4-5-7-17(15)27-18/h4-11,13,25H,2-3,12H2,1H3,(H,23,26). The zero-order chi connectivity index (χ0) is 19.5. The van der Waals surface area contributed by atoms with Crippen LogP contribution in [0.2, 0.25) is 0 Å². The molecule has 0 fully saturated rings. The Morgan fingerprint density at radius 3 is 2.75 bits per heavy atom. The molecule has 1 amide bonds. The Labute approximate surface area is 172 Å². The van der Waals surface area contributed by atoms with Gasteiger partial charge in [-0.15, -0.1) is 0 Å². The number of aromatic hydroxyl groups is 1. The fourth-order valence-corrected chi connectivity index (χ4v) is 4.76. The molecule has 28 heavy (non-hydrogen) atoms. The summed E-state index contributed by atoms with van der Waals surface area (Å²) in [4.78, 5) is 20.4. The monoisotopic (exact) mass is 408 g/mol. The number of carbonyl (C=O) groups is 1. The number of benzene rings is 2. The molecule has 0 saturated carbocycles. The first-order valence-electron chi connectivity index (χ1n) is 9.23. The summed E-state index contributed by atoms with van der Waals surface area (Å²) in [6.45, 7) is 2.78. The number of unbranched alkanes of at least 4 members (excludes halogenated alkanes) is 1. The third-order valence-corrected chi connectivity index (χ3v) is 6.49. The Morgan fingerprint density at radius 1 is 1.11 bits per heavy atom. The van der Waals surface area contributed by atoms with Gasteiger partial charge in [0, 0.05) is 27.5 Å². The van der Waals surface area contributed by atoms with E-state index in [9.17, 15) is 9.90 Å². The highest BCUT2D eigenvalue weighted by atomic mass is 32.2. The van der Waals surface area contributed by atoms with Crippen LogP contribution in [0, 0.1) is 0 Å². The van der Waals surface area contributed by atoms with E-state index in [1.165, 1.54) is 11.3 Å². The molecule has 0 spiro atoms. The van der Waals surface area contributed by atoms with Gasteiger partial charge in [0.2, 0.25) is 0 Å². The first kappa shape index (κ1) is 18.8. The van der Waals surface area contributed by atoms with E-state index in [1.807, 2.05) is 42.5 Å². The highest BCUT2D eigenvalue weighted by Crippen LogP contribution is 2.42. The Balaban J connectivity index is 1.77. The van der Waals surface area contributed by atoms with Gasteiger partial charge in [0.1, 0.15) is 0 Å². The lowest BCUT2D eigenvalue weighted by Gasteiger charge is -2.08. The van der Waals surface area contributed by atoms with Crippen LogP contribution in [0.25, 0.3) is 0 Å². The maximum Gasteiger partial charge on any atom is 0.251 e. The van der Waals surface area contributed by atoms with Crippen LogP contribution in [0.15, 0.2) is 69.4 Å². The fraction of sp³-hybridized carbons (Fsp3) is 0.182. The molecule has 142 valence electrons. The predicted octanol–water partition coefficient (Wildman–Crippen LogP) is 5.62. The average Bonchev–Trinajstić information content (AvgIpc) is 3.06. The van der Waals surface area contributed by atoms with Crippen molar-refractivity contribution >= 4 is 40.4 Å². The summed E-state index contributed by atoms with van der Waals surface area (Å²) in [5.74, 6) is -0.0754. The van der Waals surface area contributed by atoms with Gasteiger partial charge in [-0.2, -0.15) is 0 Å². The second kappa shape index (κ2) is 8.20. The summed E-state index contributed by atoms with van der Waals surface area (Å²) in [7, 11) is 0. The summed E-state index contributed by atoms with van der Waals surface area (Å²) in [5, 5.41) is 13.0. The molecule has 4 nitrogen and oxygen atoms in total. The number of thiophene rings is 1.